The summed E-state index contributed by atoms with van der Waals surface area (Å²) in [4.78, 5) is 13.3. The standard InChI is InChI=1S/C11H21NO3.BrH/c1-4-10(13)11(14)15-9-7-8-12(5-2)6-3;/h4,13H,5-9H2,1-3H3;1H. The number of hydrogen-bond donors (Lipinski definition) is 1. The molecule has 0 saturated heterocycles. The lowest BCUT2D eigenvalue weighted by Gasteiger charge is -2.17. The monoisotopic (exact) mass is 295 g/mol. The zero-order chi connectivity index (χ0) is 11.7. The number of aliphatic hydroxyl groups is 1. The number of esters is 1. The van der Waals surface area contributed by atoms with E-state index in [0.717, 1.165) is 26.1 Å². The molecule has 0 fully saturated rings. The summed E-state index contributed by atoms with van der Waals surface area (Å²) in [6, 6.07) is 0. The molecule has 0 amide bonds. The predicted octanol–water partition coefficient (Wildman–Crippen LogP) is 2.30. The molecule has 16 heavy (non-hydrogen) atoms. The molecular formula is C11H22BrNO3. The van der Waals surface area contributed by atoms with Gasteiger partial charge in [0.25, 0.3) is 0 Å². The highest BCUT2D eigenvalue weighted by atomic mass is 79.9. The number of allylic oxidation sites excluding steroid dienone is 1. The van der Waals surface area contributed by atoms with E-state index in [0.29, 0.717) is 6.61 Å². The summed E-state index contributed by atoms with van der Waals surface area (Å²) >= 11 is 0. The van der Waals surface area contributed by atoms with Crippen LogP contribution < -0.4 is 0 Å². The van der Waals surface area contributed by atoms with Gasteiger partial charge in [0.05, 0.1) is 6.61 Å². The number of hydrogen-bond acceptors (Lipinski definition) is 4. The van der Waals surface area contributed by atoms with Crippen molar-refractivity contribution in [3.63, 3.8) is 0 Å². The van der Waals surface area contributed by atoms with Gasteiger partial charge in [-0.2, -0.15) is 0 Å². The molecule has 5 heteroatoms. The topological polar surface area (TPSA) is 49.8 Å². The van der Waals surface area contributed by atoms with Crippen LogP contribution >= 0.6 is 17.0 Å². The van der Waals surface area contributed by atoms with Crippen molar-refractivity contribution >= 4 is 23.0 Å². The highest BCUT2D eigenvalue weighted by molar-refractivity contribution is 8.93. The van der Waals surface area contributed by atoms with Crippen LogP contribution in [0, 0.1) is 0 Å². The van der Waals surface area contributed by atoms with Crippen LogP contribution in [0.25, 0.3) is 0 Å². The van der Waals surface area contributed by atoms with Crippen LogP contribution in [0.5, 0.6) is 0 Å². The van der Waals surface area contributed by atoms with Gasteiger partial charge in [0, 0.05) is 6.54 Å². The Morgan fingerprint density at radius 1 is 1.38 bits per heavy atom. The summed E-state index contributed by atoms with van der Waals surface area (Å²) in [7, 11) is 0. The second-order valence-corrected chi connectivity index (χ2v) is 3.19. The minimum Gasteiger partial charge on any atom is -0.502 e. The summed E-state index contributed by atoms with van der Waals surface area (Å²) in [5.41, 5.74) is 0. The molecule has 4 nitrogen and oxygen atoms in total. The second-order valence-electron chi connectivity index (χ2n) is 3.19. The summed E-state index contributed by atoms with van der Waals surface area (Å²) < 4.78 is 4.85. The highest BCUT2D eigenvalue weighted by Crippen LogP contribution is 1.95. The number of aliphatic hydroxyl groups excluding tert-OH is 1. The van der Waals surface area contributed by atoms with Crippen molar-refractivity contribution in [1.82, 2.24) is 4.90 Å². The fourth-order valence-corrected chi connectivity index (χ4v) is 1.18. The lowest BCUT2D eigenvalue weighted by molar-refractivity contribution is -0.142. The average molecular weight is 296 g/mol. The fourth-order valence-electron chi connectivity index (χ4n) is 1.18. The van der Waals surface area contributed by atoms with Gasteiger partial charge in [-0.25, -0.2) is 4.79 Å². The molecule has 0 rings (SSSR count). The highest BCUT2D eigenvalue weighted by Gasteiger charge is 2.07. The van der Waals surface area contributed by atoms with Crippen molar-refractivity contribution in [2.45, 2.75) is 27.2 Å². The van der Waals surface area contributed by atoms with Crippen LogP contribution in [-0.2, 0) is 9.53 Å². The van der Waals surface area contributed by atoms with E-state index in [-0.39, 0.29) is 22.7 Å². The first-order chi connectivity index (χ1) is 7.15. The molecule has 0 aromatic rings. The average Bonchev–Trinajstić information content (AvgIpc) is 2.27. The van der Waals surface area contributed by atoms with Crippen molar-refractivity contribution in [1.29, 1.82) is 0 Å². The summed E-state index contributed by atoms with van der Waals surface area (Å²) in [5, 5.41) is 9.00. The third-order valence-corrected chi connectivity index (χ3v) is 2.23. The Morgan fingerprint density at radius 3 is 2.38 bits per heavy atom. The maximum atomic E-state index is 11.0. The third-order valence-electron chi connectivity index (χ3n) is 2.23. The van der Waals surface area contributed by atoms with Crippen molar-refractivity contribution in [3.05, 3.63) is 11.8 Å². The zero-order valence-electron chi connectivity index (χ0n) is 10.2. The molecule has 0 aliphatic rings. The Morgan fingerprint density at radius 2 is 1.94 bits per heavy atom. The van der Waals surface area contributed by atoms with E-state index in [1.165, 1.54) is 6.08 Å². The molecule has 0 atom stereocenters. The van der Waals surface area contributed by atoms with Crippen LogP contribution in [0.3, 0.4) is 0 Å². The number of carbonyl (C=O) groups excluding carboxylic acids is 1. The largest absolute Gasteiger partial charge is 0.502 e. The number of rotatable bonds is 7. The maximum absolute atomic E-state index is 11.0. The van der Waals surface area contributed by atoms with Gasteiger partial charge in [-0.05, 0) is 32.5 Å². The first-order valence-corrected chi connectivity index (χ1v) is 5.40. The number of ether oxygens (including phenoxy) is 1. The number of carbonyl (C=O) groups is 1. The lowest BCUT2D eigenvalue weighted by Crippen LogP contribution is -2.25. The molecule has 0 heterocycles. The summed E-state index contributed by atoms with van der Waals surface area (Å²) in [6.45, 7) is 9.06. The van der Waals surface area contributed by atoms with Crippen molar-refractivity contribution in [3.8, 4) is 0 Å². The van der Waals surface area contributed by atoms with Crippen LogP contribution in [0.1, 0.15) is 27.2 Å². The first kappa shape index (κ1) is 17.8. The van der Waals surface area contributed by atoms with Crippen LogP contribution in [0.15, 0.2) is 11.8 Å². The quantitative estimate of drug-likeness (QED) is 0.339. The molecule has 0 bridgehead atoms. The molecule has 0 radical (unpaired) electrons. The summed E-state index contributed by atoms with van der Waals surface area (Å²) in [5.74, 6) is -0.963. The van der Waals surface area contributed by atoms with Crippen molar-refractivity contribution in [2.75, 3.05) is 26.2 Å². The molecule has 0 unspecified atom stereocenters. The maximum Gasteiger partial charge on any atom is 0.373 e. The first-order valence-electron chi connectivity index (χ1n) is 5.40. The zero-order valence-corrected chi connectivity index (χ0v) is 11.9. The van der Waals surface area contributed by atoms with E-state index >= 15 is 0 Å². The Kier molecular flexibility index (Phi) is 12.2. The second kappa shape index (κ2) is 11.0. The normalized spacial score (nSPS) is 11.1. The number of halogens is 1. The lowest BCUT2D eigenvalue weighted by atomic mass is 10.4. The molecule has 0 aliphatic carbocycles. The summed E-state index contributed by atoms with van der Waals surface area (Å²) in [6.07, 6.45) is 2.12. The van der Waals surface area contributed by atoms with Gasteiger partial charge in [0.2, 0.25) is 0 Å². The fraction of sp³-hybridized carbons (Fsp3) is 0.727. The van der Waals surface area contributed by atoms with Crippen LogP contribution in [0.4, 0.5) is 0 Å². The van der Waals surface area contributed by atoms with Gasteiger partial charge in [0.1, 0.15) is 0 Å². The Bertz CT molecular complexity index is 215. The molecule has 96 valence electrons. The predicted molar refractivity (Wildman–Crippen MR) is 70.1 cm³/mol. The van der Waals surface area contributed by atoms with E-state index in [1.807, 2.05) is 0 Å². The Balaban J connectivity index is 0. The Labute approximate surface area is 108 Å². The van der Waals surface area contributed by atoms with Crippen molar-refractivity contribution in [2.24, 2.45) is 0 Å². The van der Waals surface area contributed by atoms with Gasteiger partial charge >= 0.3 is 5.97 Å². The van der Waals surface area contributed by atoms with Gasteiger partial charge in [-0.1, -0.05) is 13.8 Å². The smallest absolute Gasteiger partial charge is 0.373 e. The van der Waals surface area contributed by atoms with E-state index in [2.05, 4.69) is 18.7 Å². The molecule has 1 N–H and O–H groups in total. The van der Waals surface area contributed by atoms with Crippen molar-refractivity contribution < 1.29 is 14.6 Å². The van der Waals surface area contributed by atoms with Gasteiger partial charge in [0.15, 0.2) is 5.76 Å². The van der Waals surface area contributed by atoms with Gasteiger partial charge < -0.3 is 14.7 Å². The molecular weight excluding hydrogens is 274 g/mol. The minimum atomic E-state index is -0.642. The van der Waals surface area contributed by atoms with E-state index in [1.54, 1.807) is 6.92 Å². The Hall–Kier alpha value is -0.550. The molecule has 0 aromatic heterocycles. The minimum absolute atomic E-state index is 0. The van der Waals surface area contributed by atoms with E-state index in [4.69, 9.17) is 9.84 Å². The van der Waals surface area contributed by atoms with E-state index < -0.39 is 5.97 Å². The number of nitrogens with zero attached hydrogens (tertiary/aromatic N) is 1. The molecule has 0 aliphatic heterocycles. The van der Waals surface area contributed by atoms with E-state index in [9.17, 15) is 4.79 Å². The van der Waals surface area contributed by atoms with Gasteiger partial charge in [-0.15, -0.1) is 17.0 Å². The SMILES string of the molecule is Br.CC=C(O)C(=O)OCCCN(CC)CC. The molecule has 0 saturated carbocycles. The van der Waals surface area contributed by atoms with Gasteiger partial charge in [-0.3, -0.25) is 0 Å². The van der Waals surface area contributed by atoms with Crippen LogP contribution in [0.2, 0.25) is 0 Å². The molecule has 0 aromatic carbocycles. The molecule has 0 spiro atoms. The third kappa shape index (κ3) is 7.70. The van der Waals surface area contributed by atoms with Crippen LogP contribution in [-0.4, -0.2) is 42.2 Å².